The van der Waals surface area contributed by atoms with Gasteiger partial charge in [-0.15, -0.1) is 0 Å². The number of halogens is 2. The molecule has 14 heavy (non-hydrogen) atoms. The molecule has 0 amide bonds. The van der Waals surface area contributed by atoms with Crippen molar-refractivity contribution in [3.05, 3.63) is 24.0 Å². The summed E-state index contributed by atoms with van der Waals surface area (Å²) < 4.78 is 25.0. The third kappa shape index (κ3) is 2.00. The normalized spacial score (nSPS) is 20.2. The highest BCUT2D eigenvalue weighted by molar-refractivity contribution is 5.44. The molecule has 0 spiro atoms. The Bertz CT molecular complexity index is 331. The summed E-state index contributed by atoms with van der Waals surface area (Å²) in [6.45, 7) is 1.88. The van der Waals surface area contributed by atoms with Gasteiger partial charge in [-0.25, -0.2) is 8.78 Å². The fourth-order valence-corrected chi connectivity index (χ4v) is 1.63. The van der Waals surface area contributed by atoms with Crippen LogP contribution in [-0.2, 0) is 0 Å². The molecule has 1 aliphatic rings. The summed E-state index contributed by atoms with van der Waals surface area (Å²) in [5.74, 6) is -2.46. The minimum atomic E-state index is -2.46. The maximum atomic E-state index is 12.5. The van der Waals surface area contributed by atoms with Crippen LogP contribution in [0.15, 0.2) is 18.3 Å². The molecule has 4 heteroatoms. The second kappa shape index (κ2) is 3.19. The van der Waals surface area contributed by atoms with Crippen LogP contribution in [0.4, 0.5) is 14.5 Å². The second-order valence-corrected chi connectivity index (χ2v) is 3.79. The lowest BCUT2D eigenvalue weighted by atomic mass is 9.88. The first-order valence-electron chi connectivity index (χ1n) is 4.62. The molecule has 0 saturated heterocycles. The third-order valence-electron chi connectivity index (χ3n) is 2.36. The summed E-state index contributed by atoms with van der Waals surface area (Å²) in [6.07, 6.45) is 1.55. The molecular weight excluding hydrogens is 186 g/mol. The van der Waals surface area contributed by atoms with Crippen molar-refractivity contribution in [1.29, 1.82) is 0 Å². The zero-order valence-electron chi connectivity index (χ0n) is 7.93. The van der Waals surface area contributed by atoms with Crippen molar-refractivity contribution < 1.29 is 8.78 Å². The number of hydrogen-bond donors (Lipinski definition) is 1. The first kappa shape index (κ1) is 9.37. The van der Waals surface area contributed by atoms with E-state index in [1.807, 2.05) is 13.0 Å². The van der Waals surface area contributed by atoms with Crippen LogP contribution in [-0.4, -0.2) is 16.9 Å². The van der Waals surface area contributed by atoms with Crippen LogP contribution in [0.3, 0.4) is 0 Å². The Hall–Kier alpha value is -1.19. The number of aromatic nitrogens is 1. The predicted octanol–water partition coefficient (Wildman–Crippen LogP) is 2.60. The summed E-state index contributed by atoms with van der Waals surface area (Å²) in [5, 5.41) is 3.05. The Kier molecular flexibility index (Phi) is 2.13. The molecule has 1 heterocycles. The van der Waals surface area contributed by atoms with Gasteiger partial charge >= 0.3 is 0 Å². The van der Waals surface area contributed by atoms with Crippen molar-refractivity contribution in [2.24, 2.45) is 0 Å². The van der Waals surface area contributed by atoms with Crippen LogP contribution in [0.5, 0.6) is 0 Å². The standard InChI is InChI=1S/C10H12F2N2/c1-7-4-8(2-3-13-7)14-9-5-10(11,12)6-9/h2-4,9H,5-6H2,1H3,(H,13,14). The number of anilines is 1. The van der Waals surface area contributed by atoms with E-state index in [-0.39, 0.29) is 18.9 Å². The van der Waals surface area contributed by atoms with E-state index in [2.05, 4.69) is 10.3 Å². The minimum absolute atomic E-state index is 0.0611. The molecule has 0 bridgehead atoms. The van der Waals surface area contributed by atoms with Crippen molar-refractivity contribution >= 4 is 5.69 Å². The van der Waals surface area contributed by atoms with Gasteiger partial charge in [0.1, 0.15) is 0 Å². The molecule has 1 N–H and O–H groups in total. The van der Waals surface area contributed by atoms with Gasteiger partial charge in [0.2, 0.25) is 0 Å². The van der Waals surface area contributed by atoms with Gasteiger partial charge in [-0.05, 0) is 19.1 Å². The molecule has 0 aliphatic heterocycles. The van der Waals surface area contributed by atoms with Crippen molar-refractivity contribution in [3.63, 3.8) is 0 Å². The summed E-state index contributed by atoms with van der Waals surface area (Å²) in [6, 6.07) is 3.56. The van der Waals surface area contributed by atoms with E-state index in [9.17, 15) is 8.78 Å². The molecule has 0 radical (unpaired) electrons. The average Bonchev–Trinajstić information content (AvgIpc) is 2.00. The van der Waals surface area contributed by atoms with Crippen LogP contribution < -0.4 is 5.32 Å². The molecule has 1 aromatic rings. The van der Waals surface area contributed by atoms with Crippen LogP contribution in [0.2, 0.25) is 0 Å². The second-order valence-electron chi connectivity index (χ2n) is 3.79. The summed E-state index contributed by atoms with van der Waals surface area (Å²) in [5.41, 5.74) is 1.76. The molecular formula is C10H12F2N2. The van der Waals surface area contributed by atoms with Crippen LogP contribution in [0, 0.1) is 6.92 Å². The highest BCUT2D eigenvalue weighted by atomic mass is 19.3. The van der Waals surface area contributed by atoms with Gasteiger partial charge in [0.05, 0.1) is 0 Å². The Morgan fingerprint density at radius 3 is 2.79 bits per heavy atom. The van der Waals surface area contributed by atoms with Gasteiger partial charge in [-0.3, -0.25) is 4.98 Å². The third-order valence-corrected chi connectivity index (χ3v) is 2.36. The summed E-state index contributed by atoms with van der Waals surface area (Å²) >= 11 is 0. The summed E-state index contributed by atoms with van der Waals surface area (Å²) in [4.78, 5) is 4.03. The molecule has 1 aliphatic carbocycles. The van der Waals surface area contributed by atoms with Crippen molar-refractivity contribution in [1.82, 2.24) is 4.98 Å². The monoisotopic (exact) mass is 198 g/mol. The number of alkyl halides is 2. The number of hydrogen-bond acceptors (Lipinski definition) is 2. The molecule has 1 saturated carbocycles. The Morgan fingerprint density at radius 1 is 1.50 bits per heavy atom. The van der Waals surface area contributed by atoms with Gasteiger partial charge in [0.25, 0.3) is 5.92 Å². The van der Waals surface area contributed by atoms with E-state index < -0.39 is 5.92 Å². The fourth-order valence-electron chi connectivity index (χ4n) is 1.63. The first-order valence-corrected chi connectivity index (χ1v) is 4.62. The van der Waals surface area contributed by atoms with E-state index in [0.29, 0.717) is 0 Å². The number of pyridine rings is 1. The Morgan fingerprint density at radius 2 is 2.21 bits per heavy atom. The topological polar surface area (TPSA) is 24.9 Å². The molecule has 0 unspecified atom stereocenters. The number of nitrogens with one attached hydrogen (secondary N) is 1. The van der Waals surface area contributed by atoms with E-state index in [1.165, 1.54) is 0 Å². The maximum Gasteiger partial charge on any atom is 0.252 e. The fraction of sp³-hybridized carbons (Fsp3) is 0.500. The van der Waals surface area contributed by atoms with E-state index in [4.69, 9.17) is 0 Å². The van der Waals surface area contributed by atoms with Crippen LogP contribution in [0.25, 0.3) is 0 Å². The average molecular weight is 198 g/mol. The molecule has 1 aromatic heterocycles. The van der Waals surface area contributed by atoms with Crippen molar-refractivity contribution in [2.75, 3.05) is 5.32 Å². The molecule has 0 atom stereocenters. The molecule has 2 nitrogen and oxygen atoms in total. The first-order chi connectivity index (χ1) is 6.55. The van der Waals surface area contributed by atoms with Crippen molar-refractivity contribution in [2.45, 2.75) is 31.7 Å². The quantitative estimate of drug-likeness (QED) is 0.790. The Labute approximate surface area is 81.4 Å². The molecule has 1 fully saturated rings. The van der Waals surface area contributed by atoms with Gasteiger partial charge in [-0.2, -0.15) is 0 Å². The predicted molar refractivity (Wildman–Crippen MR) is 50.6 cm³/mol. The van der Waals surface area contributed by atoms with Gasteiger partial charge in [0, 0.05) is 36.5 Å². The van der Waals surface area contributed by atoms with E-state index >= 15 is 0 Å². The van der Waals surface area contributed by atoms with E-state index in [1.54, 1.807) is 12.3 Å². The number of nitrogens with zero attached hydrogens (tertiary/aromatic N) is 1. The number of rotatable bonds is 2. The summed E-state index contributed by atoms with van der Waals surface area (Å²) in [7, 11) is 0. The lowest BCUT2D eigenvalue weighted by Gasteiger charge is -2.35. The van der Waals surface area contributed by atoms with Crippen LogP contribution >= 0.6 is 0 Å². The highest BCUT2D eigenvalue weighted by Gasteiger charge is 2.45. The SMILES string of the molecule is Cc1cc(NC2CC(F)(F)C2)ccn1. The van der Waals surface area contributed by atoms with Gasteiger partial charge in [-0.1, -0.05) is 0 Å². The Balaban J connectivity index is 1.93. The zero-order valence-corrected chi connectivity index (χ0v) is 7.93. The van der Waals surface area contributed by atoms with Gasteiger partial charge in [0.15, 0.2) is 0 Å². The molecule has 76 valence electrons. The largest absolute Gasteiger partial charge is 0.382 e. The zero-order chi connectivity index (χ0) is 10.2. The van der Waals surface area contributed by atoms with Crippen LogP contribution in [0.1, 0.15) is 18.5 Å². The van der Waals surface area contributed by atoms with E-state index in [0.717, 1.165) is 11.4 Å². The van der Waals surface area contributed by atoms with Gasteiger partial charge < -0.3 is 5.32 Å². The maximum absolute atomic E-state index is 12.5. The van der Waals surface area contributed by atoms with Crippen molar-refractivity contribution in [3.8, 4) is 0 Å². The number of aryl methyl sites for hydroxylation is 1. The molecule has 0 aromatic carbocycles. The lowest BCUT2D eigenvalue weighted by molar-refractivity contribution is -0.0793. The lowest BCUT2D eigenvalue weighted by Crippen LogP contribution is -2.44. The molecule has 2 rings (SSSR count). The minimum Gasteiger partial charge on any atom is -0.382 e. The highest BCUT2D eigenvalue weighted by Crippen LogP contribution is 2.38. The smallest absolute Gasteiger partial charge is 0.252 e.